The largest absolute Gasteiger partial charge is 0.472 e. The molecule has 0 fully saturated rings. The predicted octanol–water partition coefficient (Wildman–Crippen LogP) is 3.28. The van der Waals surface area contributed by atoms with Gasteiger partial charge in [0.25, 0.3) is 0 Å². The lowest BCUT2D eigenvalue weighted by atomic mass is 10.3. The summed E-state index contributed by atoms with van der Waals surface area (Å²) in [5.41, 5.74) is 0.711. The number of hydrogen-bond acceptors (Lipinski definition) is 3. The first-order valence-electron chi connectivity index (χ1n) is 5.91. The van der Waals surface area contributed by atoms with Gasteiger partial charge in [-0.2, -0.15) is 4.31 Å². The van der Waals surface area contributed by atoms with Crippen LogP contribution in [0, 0.1) is 5.82 Å². The average molecular weight is 318 g/mol. The molecule has 0 unspecified atom stereocenters. The Morgan fingerprint density at radius 2 is 2.10 bits per heavy atom. The second-order valence-electron chi connectivity index (χ2n) is 4.14. The summed E-state index contributed by atoms with van der Waals surface area (Å²) in [7, 11) is -3.86. The van der Waals surface area contributed by atoms with Gasteiger partial charge >= 0.3 is 0 Å². The molecule has 1 aromatic carbocycles. The summed E-state index contributed by atoms with van der Waals surface area (Å²) in [5, 5.41) is -0.00274. The van der Waals surface area contributed by atoms with Crippen LogP contribution >= 0.6 is 11.6 Å². The maximum absolute atomic E-state index is 13.3. The second-order valence-corrected chi connectivity index (χ2v) is 6.45. The fraction of sp³-hybridized carbons (Fsp3) is 0.231. The SMILES string of the molecule is CCN(Cc1ccoc1)S(=O)(=O)c1cc(F)ccc1Cl. The van der Waals surface area contributed by atoms with Gasteiger partial charge in [-0.05, 0) is 24.3 Å². The molecule has 1 heterocycles. The Bertz CT molecular complexity index is 686. The van der Waals surface area contributed by atoms with Gasteiger partial charge in [0.2, 0.25) is 10.0 Å². The fourth-order valence-electron chi connectivity index (χ4n) is 1.77. The third kappa shape index (κ3) is 3.03. The molecule has 4 nitrogen and oxygen atoms in total. The normalized spacial score (nSPS) is 12.0. The summed E-state index contributed by atoms with van der Waals surface area (Å²) in [5.74, 6) is -0.646. The maximum Gasteiger partial charge on any atom is 0.244 e. The van der Waals surface area contributed by atoms with Gasteiger partial charge in [-0.25, -0.2) is 12.8 Å². The summed E-state index contributed by atoms with van der Waals surface area (Å²) in [6.07, 6.45) is 2.93. The fourth-order valence-corrected chi connectivity index (χ4v) is 3.69. The lowest BCUT2D eigenvalue weighted by molar-refractivity contribution is 0.420. The van der Waals surface area contributed by atoms with Crippen molar-refractivity contribution in [3.63, 3.8) is 0 Å². The molecule has 0 spiro atoms. The van der Waals surface area contributed by atoms with E-state index in [0.717, 1.165) is 12.1 Å². The van der Waals surface area contributed by atoms with Crippen LogP contribution in [-0.2, 0) is 16.6 Å². The first kappa shape index (κ1) is 15.0. The molecule has 2 rings (SSSR count). The van der Waals surface area contributed by atoms with Gasteiger partial charge < -0.3 is 4.42 Å². The molecule has 7 heteroatoms. The van der Waals surface area contributed by atoms with E-state index in [0.29, 0.717) is 5.56 Å². The molecule has 20 heavy (non-hydrogen) atoms. The highest BCUT2D eigenvalue weighted by atomic mass is 35.5. The highest BCUT2D eigenvalue weighted by molar-refractivity contribution is 7.89. The minimum atomic E-state index is -3.86. The number of sulfonamides is 1. The average Bonchev–Trinajstić information content (AvgIpc) is 2.91. The van der Waals surface area contributed by atoms with Crippen molar-refractivity contribution in [2.24, 2.45) is 0 Å². The molecule has 0 atom stereocenters. The van der Waals surface area contributed by atoms with E-state index < -0.39 is 15.8 Å². The van der Waals surface area contributed by atoms with Crippen LogP contribution in [0.1, 0.15) is 12.5 Å². The number of benzene rings is 1. The Morgan fingerprint density at radius 1 is 1.35 bits per heavy atom. The van der Waals surface area contributed by atoms with Crippen molar-refractivity contribution >= 4 is 21.6 Å². The molecule has 0 saturated heterocycles. The van der Waals surface area contributed by atoms with Crippen LogP contribution in [0.4, 0.5) is 4.39 Å². The van der Waals surface area contributed by atoms with Crippen LogP contribution in [-0.4, -0.2) is 19.3 Å². The molecule has 1 aromatic heterocycles. The van der Waals surface area contributed by atoms with Crippen LogP contribution in [0.3, 0.4) is 0 Å². The summed E-state index contributed by atoms with van der Waals surface area (Å²) in [4.78, 5) is -0.232. The van der Waals surface area contributed by atoms with Gasteiger partial charge in [0.15, 0.2) is 0 Å². The Hall–Kier alpha value is -1.37. The lowest BCUT2D eigenvalue weighted by Gasteiger charge is -2.20. The standard InChI is InChI=1S/C13H13ClFNO3S/c1-2-16(8-10-5-6-19-9-10)20(17,18)13-7-11(15)3-4-12(13)14/h3-7,9H,2,8H2,1H3. The van der Waals surface area contributed by atoms with Gasteiger partial charge in [0, 0.05) is 18.7 Å². The third-order valence-electron chi connectivity index (χ3n) is 2.80. The zero-order chi connectivity index (χ0) is 14.8. The van der Waals surface area contributed by atoms with Crippen LogP contribution in [0.5, 0.6) is 0 Å². The van der Waals surface area contributed by atoms with Gasteiger partial charge in [0.1, 0.15) is 10.7 Å². The van der Waals surface area contributed by atoms with E-state index in [1.54, 1.807) is 13.0 Å². The van der Waals surface area contributed by atoms with Gasteiger partial charge in [-0.3, -0.25) is 0 Å². The summed E-state index contributed by atoms with van der Waals surface area (Å²) >= 11 is 5.87. The van der Waals surface area contributed by atoms with Gasteiger partial charge in [0.05, 0.1) is 17.5 Å². The predicted molar refractivity (Wildman–Crippen MR) is 73.4 cm³/mol. The molecule has 2 aromatic rings. The molecule has 0 amide bonds. The molecule has 108 valence electrons. The van der Waals surface area contributed by atoms with Gasteiger partial charge in [-0.1, -0.05) is 18.5 Å². The Labute approximate surface area is 121 Å². The molecule has 0 saturated carbocycles. The van der Waals surface area contributed by atoms with E-state index >= 15 is 0 Å². The molecular formula is C13H13ClFNO3S. The molecule has 0 bridgehead atoms. The number of rotatable bonds is 5. The van der Waals surface area contributed by atoms with Crippen molar-refractivity contribution < 1.29 is 17.2 Å². The maximum atomic E-state index is 13.3. The van der Waals surface area contributed by atoms with Crippen molar-refractivity contribution in [2.75, 3.05) is 6.54 Å². The minimum Gasteiger partial charge on any atom is -0.472 e. The number of halogens is 2. The molecular weight excluding hydrogens is 305 g/mol. The van der Waals surface area contributed by atoms with Crippen molar-refractivity contribution in [1.82, 2.24) is 4.31 Å². The smallest absolute Gasteiger partial charge is 0.244 e. The molecule has 0 N–H and O–H groups in total. The summed E-state index contributed by atoms with van der Waals surface area (Å²) < 4.78 is 44.4. The minimum absolute atomic E-state index is 0.00274. The first-order valence-corrected chi connectivity index (χ1v) is 7.73. The summed E-state index contributed by atoms with van der Waals surface area (Å²) in [6.45, 7) is 2.08. The molecule has 0 aliphatic carbocycles. The highest BCUT2D eigenvalue weighted by Gasteiger charge is 2.26. The number of nitrogens with zero attached hydrogens (tertiary/aromatic N) is 1. The monoisotopic (exact) mass is 317 g/mol. The van der Waals surface area contributed by atoms with Crippen LogP contribution in [0.2, 0.25) is 5.02 Å². The molecule has 0 radical (unpaired) electrons. The molecule has 0 aliphatic heterocycles. The molecule has 0 aliphatic rings. The number of furan rings is 1. The number of hydrogen-bond donors (Lipinski definition) is 0. The third-order valence-corrected chi connectivity index (χ3v) is 5.21. The first-order chi connectivity index (χ1) is 9.45. The van der Waals surface area contributed by atoms with E-state index in [9.17, 15) is 12.8 Å². The van der Waals surface area contributed by atoms with E-state index in [1.807, 2.05) is 0 Å². The van der Waals surface area contributed by atoms with E-state index in [1.165, 1.54) is 22.9 Å². The van der Waals surface area contributed by atoms with Crippen molar-refractivity contribution in [3.8, 4) is 0 Å². The van der Waals surface area contributed by atoms with Gasteiger partial charge in [-0.15, -0.1) is 0 Å². The van der Waals surface area contributed by atoms with Crippen molar-refractivity contribution in [1.29, 1.82) is 0 Å². The Kier molecular flexibility index (Phi) is 4.47. The van der Waals surface area contributed by atoms with E-state index in [4.69, 9.17) is 16.0 Å². The lowest BCUT2D eigenvalue weighted by Crippen LogP contribution is -2.30. The summed E-state index contributed by atoms with van der Waals surface area (Å²) in [6, 6.07) is 4.95. The van der Waals surface area contributed by atoms with E-state index in [2.05, 4.69) is 0 Å². The zero-order valence-corrected chi connectivity index (χ0v) is 12.3. The van der Waals surface area contributed by atoms with Crippen molar-refractivity contribution in [3.05, 3.63) is 53.2 Å². The zero-order valence-electron chi connectivity index (χ0n) is 10.7. The second kappa shape index (κ2) is 5.95. The van der Waals surface area contributed by atoms with Crippen molar-refractivity contribution in [2.45, 2.75) is 18.4 Å². The highest BCUT2D eigenvalue weighted by Crippen LogP contribution is 2.26. The van der Waals surface area contributed by atoms with E-state index in [-0.39, 0.29) is 23.0 Å². The Morgan fingerprint density at radius 3 is 2.70 bits per heavy atom. The van der Waals surface area contributed by atoms with Crippen LogP contribution in [0.25, 0.3) is 0 Å². The van der Waals surface area contributed by atoms with Crippen LogP contribution in [0.15, 0.2) is 46.1 Å². The Balaban J connectivity index is 2.38. The quantitative estimate of drug-likeness (QED) is 0.850. The topological polar surface area (TPSA) is 50.5 Å². The van der Waals surface area contributed by atoms with Crippen LogP contribution < -0.4 is 0 Å².